The van der Waals surface area contributed by atoms with Gasteiger partial charge >= 0.3 is 0 Å². The molecule has 0 saturated carbocycles. The third kappa shape index (κ3) is 3.74. The Labute approximate surface area is 166 Å². The predicted octanol–water partition coefficient (Wildman–Crippen LogP) is 4.98. The molecule has 2 aliphatic rings. The van der Waals surface area contributed by atoms with E-state index in [1.54, 1.807) is 11.0 Å². The second-order valence-electron chi connectivity index (χ2n) is 6.14. The molecule has 2 saturated heterocycles. The minimum atomic E-state index is -0.0834. The van der Waals surface area contributed by atoms with Crippen LogP contribution >= 0.6 is 35.6 Å². The van der Waals surface area contributed by atoms with Gasteiger partial charge in [-0.05, 0) is 49.2 Å². The molecule has 0 N–H and O–H groups in total. The van der Waals surface area contributed by atoms with E-state index in [1.165, 1.54) is 11.8 Å². The minimum Gasteiger partial charge on any atom is -0.457 e. The van der Waals surface area contributed by atoms with E-state index in [9.17, 15) is 4.79 Å². The number of benzene rings is 1. The predicted molar refractivity (Wildman–Crippen MR) is 108 cm³/mol. The summed E-state index contributed by atoms with van der Waals surface area (Å²) >= 11 is 12.6. The summed E-state index contributed by atoms with van der Waals surface area (Å²) in [6, 6.07) is 11.1. The van der Waals surface area contributed by atoms with Gasteiger partial charge in [-0.15, -0.1) is 0 Å². The van der Waals surface area contributed by atoms with Crippen LogP contribution in [0, 0.1) is 0 Å². The van der Waals surface area contributed by atoms with Gasteiger partial charge in [-0.3, -0.25) is 9.69 Å². The lowest BCUT2D eigenvalue weighted by molar-refractivity contribution is -0.123. The summed E-state index contributed by atoms with van der Waals surface area (Å²) in [4.78, 5) is 14.9. The van der Waals surface area contributed by atoms with E-state index in [-0.39, 0.29) is 12.0 Å². The van der Waals surface area contributed by atoms with Crippen LogP contribution in [-0.4, -0.2) is 34.4 Å². The highest BCUT2D eigenvalue weighted by atomic mass is 35.5. The Kier molecular flexibility index (Phi) is 5.18. The molecule has 2 aliphatic heterocycles. The number of carbonyl (C=O) groups is 1. The van der Waals surface area contributed by atoms with Crippen LogP contribution in [0.1, 0.15) is 18.6 Å². The number of hydrogen-bond acceptors (Lipinski definition) is 5. The molecule has 2 aromatic rings. The Hall–Kier alpha value is -1.60. The summed E-state index contributed by atoms with van der Waals surface area (Å²) in [5, 5.41) is 0.676. The standard InChI is InChI=1S/C19H16ClNO3S2/c20-13-5-3-12(4-6-13)16-8-7-14(24-16)10-17-18(22)21(19(25)26-17)11-15-2-1-9-23-15/h3-8,10,15H,1-2,9,11H2/b17-10-/t15-/m0/s1. The molecule has 4 rings (SSSR count). The van der Waals surface area contributed by atoms with Gasteiger partial charge in [0.15, 0.2) is 0 Å². The zero-order chi connectivity index (χ0) is 18.1. The summed E-state index contributed by atoms with van der Waals surface area (Å²) < 4.78 is 12.0. The Morgan fingerprint density at radius 3 is 2.81 bits per heavy atom. The Balaban J connectivity index is 1.50. The minimum absolute atomic E-state index is 0.0805. The smallest absolute Gasteiger partial charge is 0.266 e. The highest BCUT2D eigenvalue weighted by molar-refractivity contribution is 8.26. The third-order valence-corrected chi connectivity index (χ3v) is 5.94. The molecule has 7 heteroatoms. The second-order valence-corrected chi connectivity index (χ2v) is 8.25. The van der Waals surface area contributed by atoms with Crippen LogP contribution in [-0.2, 0) is 9.53 Å². The first-order chi connectivity index (χ1) is 12.6. The van der Waals surface area contributed by atoms with Crippen molar-refractivity contribution >= 4 is 51.9 Å². The summed E-state index contributed by atoms with van der Waals surface area (Å²) in [6.45, 7) is 1.28. The Morgan fingerprint density at radius 2 is 2.08 bits per heavy atom. The topological polar surface area (TPSA) is 42.7 Å². The van der Waals surface area contributed by atoms with E-state index < -0.39 is 0 Å². The molecule has 26 heavy (non-hydrogen) atoms. The van der Waals surface area contributed by atoms with Gasteiger partial charge in [0.2, 0.25) is 0 Å². The average molecular weight is 406 g/mol. The average Bonchev–Trinajstić information content (AvgIpc) is 3.35. The monoisotopic (exact) mass is 405 g/mol. The van der Waals surface area contributed by atoms with Gasteiger partial charge in [0, 0.05) is 23.3 Å². The molecule has 1 atom stereocenters. The highest BCUT2D eigenvalue weighted by Gasteiger charge is 2.34. The van der Waals surface area contributed by atoms with Crippen molar-refractivity contribution in [3.05, 3.63) is 52.1 Å². The SMILES string of the molecule is O=C1/C(=C/c2ccc(-c3ccc(Cl)cc3)o2)SC(=S)N1C[C@@H]1CCCO1. The van der Waals surface area contributed by atoms with E-state index in [2.05, 4.69) is 0 Å². The summed E-state index contributed by atoms with van der Waals surface area (Å²) in [7, 11) is 0. The normalized spacial score (nSPS) is 22.0. The first-order valence-corrected chi connectivity index (χ1v) is 9.93. The number of furan rings is 1. The Morgan fingerprint density at radius 1 is 1.27 bits per heavy atom. The Bertz CT molecular complexity index is 869. The summed E-state index contributed by atoms with van der Waals surface area (Å²) in [5.74, 6) is 1.26. The van der Waals surface area contributed by atoms with Gasteiger partial charge in [0.25, 0.3) is 5.91 Å². The van der Waals surface area contributed by atoms with Crippen molar-refractivity contribution in [2.75, 3.05) is 13.2 Å². The maximum atomic E-state index is 12.7. The number of amides is 1. The number of ether oxygens (including phenoxy) is 1. The number of halogens is 1. The van der Waals surface area contributed by atoms with E-state index in [0.717, 1.165) is 30.8 Å². The van der Waals surface area contributed by atoms with Crippen LogP contribution in [0.4, 0.5) is 0 Å². The number of thioether (sulfide) groups is 1. The molecular formula is C19H16ClNO3S2. The van der Waals surface area contributed by atoms with Crippen LogP contribution in [0.5, 0.6) is 0 Å². The van der Waals surface area contributed by atoms with E-state index >= 15 is 0 Å². The van der Waals surface area contributed by atoms with Crippen LogP contribution in [0.2, 0.25) is 5.02 Å². The van der Waals surface area contributed by atoms with Gasteiger partial charge in [0.05, 0.1) is 17.6 Å². The fourth-order valence-electron chi connectivity index (χ4n) is 2.98. The summed E-state index contributed by atoms with van der Waals surface area (Å²) in [6.07, 6.45) is 3.83. The van der Waals surface area contributed by atoms with Crippen molar-refractivity contribution in [2.45, 2.75) is 18.9 Å². The molecule has 3 heterocycles. The van der Waals surface area contributed by atoms with Crippen molar-refractivity contribution < 1.29 is 13.9 Å². The van der Waals surface area contributed by atoms with Crippen molar-refractivity contribution in [3.8, 4) is 11.3 Å². The maximum absolute atomic E-state index is 12.7. The van der Waals surface area contributed by atoms with Crippen LogP contribution in [0.15, 0.2) is 45.7 Å². The molecule has 1 aromatic heterocycles. The maximum Gasteiger partial charge on any atom is 0.266 e. The number of thiocarbonyl (C=S) groups is 1. The molecular weight excluding hydrogens is 390 g/mol. The van der Waals surface area contributed by atoms with Gasteiger partial charge < -0.3 is 9.15 Å². The van der Waals surface area contributed by atoms with E-state index in [0.29, 0.717) is 26.6 Å². The quantitative estimate of drug-likeness (QED) is 0.530. The van der Waals surface area contributed by atoms with Crippen molar-refractivity contribution in [3.63, 3.8) is 0 Å². The number of rotatable bonds is 4. The molecule has 0 unspecified atom stereocenters. The number of nitrogens with zero attached hydrogens (tertiary/aromatic N) is 1. The van der Waals surface area contributed by atoms with Crippen LogP contribution in [0.3, 0.4) is 0 Å². The molecule has 0 aliphatic carbocycles. The first kappa shape index (κ1) is 17.8. The molecule has 134 valence electrons. The zero-order valence-corrected chi connectivity index (χ0v) is 16.2. The molecule has 1 aromatic carbocycles. The van der Waals surface area contributed by atoms with Gasteiger partial charge in [0.1, 0.15) is 15.8 Å². The number of carbonyl (C=O) groups excluding carboxylic acids is 1. The second kappa shape index (κ2) is 7.56. The molecule has 0 radical (unpaired) electrons. The van der Waals surface area contributed by atoms with Crippen molar-refractivity contribution in [1.82, 2.24) is 4.90 Å². The van der Waals surface area contributed by atoms with Gasteiger partial charge in [-0.2, -0.15) is 0 Å². The zero-order valence-electron chi connectivity index (χ0n) is 13.8. The summed E-state index contributed by atoms with van der Waals surface area (Å²) in [5.41, 5.74) is 0.931. The molecule has 1 amide bonds. The molecule has 4 nitrogen and oxygen atoms in total. The van der Waals surface area contributed by atoms with Crippen molar-refractivity contribution in [2.24, 2.45) is 0 Å². The lowest BCUT2D eigenvalue weighted by Crippen LogP contribution is -2.35. The third-order valence-electron chi connectivity index (χ3n) is 4.31. The van der Waals surface area contributed by atoms with Crippen LogP contribution in [0.25, 0.3) is 17.4 Å². The fraction of sp³-hybridized carbons (Fsp3) is 0.263. The van der Waals surface area contributed by atoms with Gasteiger partial charge in [-0.25, -0.2) is 0 Å². The highest BCUT2D eigenvalue weighted by Crippen LogP contribution is 2.34. The van der Waals surface area contributed by atoms with Crippen molar-refractivity contribution in [1.29, 1.82) is 0 Å². The lowest BCUT2D eigenvalue weighted by atomic mass is 10.2. The molecule has 2 fully saturated rings. The lowest BCUT2D eigenvalue weighted by Gasteiger charge is -2.18. The molecule has 0 spiro atoms. The van der Waals surface area contributed by atoms with E-state index in [1.807, 2.05) is 36.4 Å². The van der Waals surface area contributed by atoms with Crippen LogP contribution < -0.4 is 0 Å². The van der Waals surface area contributed by atoms with Gasteiger partial charge in [-0.1, -0.05) is 35.6 Å². The first-order valence-electron chi connectivity index (χ1n) is 8.33. The molecule has 0 bridgehead atoms. The number of hydrogen-bond donors (Lipinski definition) is 0. The van der Waals surface area contributed by atoms with E-state index in [4.69, 9.17) is 33.0 Å². The largest absolute Gasteiger partial charge is 0.457 e. The fourth-order valence-corrected chi connectivity index (χ4v) is 4.36.